The summed E-state index contributed by atoms with van der Waals surface area (Å²) in [5.74, 6) is 0. The molecule has 1 aromatic rings. The number of nitrogens with zero attached hydrogens (tertiary/aromatic N) is 2. The SMILES string of the molecule is CCOC(=S)SC1(OCC)Sc2c(Cl)nc(C#N)c(Cl)c2S1. The van der Waals surface area contributed by atoms with Crippen LogP contribution in [0.15, 0.2) is 9.79 Å². The molecule has 4 nitrogen and oxygen atoms in total. The van der Waals surface area contributed by atoms with Crippen LogP contribution in [0.1, 0.15) is 19.5 Å². The van der Waals surface area contributed by atoms with E-state index < -0.39 is 3.60 Å². The molecule has 2 heterocycles. The van der Waals surface area contributed by atoms with Crippen molar-refractivity contribution in [3.8, 4) is 6.07 Å². The van der Waals surface area contributed by atoms with Gasteiger partial charge in [0.05, 0.1) is 21.4 Å². The number of ether oxygens (including phenoxy) is 2. The van der Waals surface area contributed by atoms with Crippen LogP contribution in [0.2, 0.25) is 10.2 Å². The number of thioether (sulfide) groups is 3. The predicted molar refractivity (Wildman–Crippen MR) is 96.9 cm³/mol. The predicted octanol–water partition coefficient (Wildman–Crippen LogP) is 5.16. The minimum atomic E-state index is -0.785. The van der Waals surface area contributed by atoms with E-state index in [2.05, 4.69) is 4.98 Å². The molecular formula is C12H10Cl2N2O2S4. The molecule has 1 aliphatic rings. The topological polar surface area (TPSA) is 55.1 Å². The van der Waals surface area contributed by atoms with Crippen molar-refractivity contribution in [1.82, 2.24) is 4.98 Å². The van der Waals surface area contributed by atoms with Crippen LogP contribution in [0.5, 0.6) is 0 Å². The van der Waals surface area contributed by atoms with Gasteiger partial charge in [-0.1, -0.05) is 46.7 Å². The Labute approximate surface area is 156 Å². The molecule has 118 valence electrons. The van der Waals surface area contributed by atoms with E-state index in [0.29, 0.717) is 27.4 Å². The lowest BCUT2D eigenvalue weighted by Crippen LogP contribution is -2.20. The molecule has 1 unspecified atom stereocenters. The molecule has 0 aliphatic carbocycles. The fourth-order valence-electron chi connectivity index (χ4n) is 1.58. The van der Waals surface area contributed by atoms with Gasteiger partial charge in [0.25, 0.3) is 0 Å². The van der Waals surface area contributed by atoms with E-state index in [4.69, 9.17) is 50.2 Å². The highest BCUT2D eigenvalue weighted by molar-refractivity contribution is 8.41. The Bertz CT molecular complexity index is 653. The number of halogens is 2. The third kappa shape index (κ3) is 3.78. The van der Waals surface area contributed by atoms with Crippen molar-refractivity contribution >= 4 is 75.1 Å². The molecule has 2 rings (SSSR count). The maximum atomic E-state index is 9.07. The molecule has 0 spiro atoms. The summed E-state index contributed by atoms with van der Waals surface area (Å²) in [6.45, 7) is 4.71. The summed E-state index contributed by atoms with van der Waals surface area (Å²) >= 11 is 21.6. The van der Waals surface area contributed by atoms with Crippen LogP contribution in [0, 0.1) is 11.3 Å². The van der Waals surface area contributed by atoms with Crippen molar-refractivity contribution in [2.75, 3.05) is 13.2 Å². The minimum Gasteiger partial charge on any atom is -0.479 e. The van der Waals surface area contributed by atoms with Crippen LogP contribution in [0.4, 0.5) is 0 Å². The van der Waals surface area contributed by atoms with E-state index in [1.807, 2.05) is 19.9 Å². The van der Waals surface area contributed by atoms with E-state index in [1.165, 1.54) is 35.3 Å². The first-order valence-corrected chi connectivity index (χ1v) is 9.74. The lowest BCUT2D eigenvalue weighted by molar-refractivity contribution is 0.159. The van der Waals surface area contributed by atoms with Crippen molar-refractivity contribution in [2.24, 2.45) is 0 Å². The van der Waals surface area contributed by atoms with E-state index in [-0.39, 0.29) is 15.9 Å². The Kier molecular flexibility index (Phi) is 6.54. The van der Waals surface area contributed by atoms with E-state index >= 15 is 0 Å². The van der Waals surface area contributed by atoms with Crippen molar-refractivity contribution in [1.29, 1.82) is 5.26 Å². The molecule has 0 saturated carbocycles. The molecule has 0 saturated heterocycles. The van der Waals surface area contributed by atoms with Crippen molar-refractivity contribution < 1.29 is 9.47 Å². The minimum absolute atomic E-state index is 0.100. The summed E-state index contributed by atoms with van der Waals surface area (Å²) in [7, 11) is 0. The molecule has 0 bridgehead atoms. The average Bonchev–Trinajstić information content (AvgIpc) is 2.83. The fraction of sp³-hybridized carbons (Fsp3) is 0.417. The van der Waals surface area contributed by atoms with Gasteiger partial charge in [-0.3, -0.25) is 0 Å². The molecule has 1 atom stereocenters. The van der Waals surface area contributed by atoms with Crippen LogP contribution in [0.3, 0.4) is 0 Å². The second-order valence-corrected chi connectivity index (χ2v) is 9.42. The standard InChI is InChI=1S/C12H10Cl2N2O2S4/c1-3-17-11(19)22-12(18-4-2)20-8-7(13)6(5-15)16-10(14)9(8)21-12/h3-4H2,1-2H3. The second kappa shape index (κ2) is 7.79. The van der Waals surface area contributed by atoms with Gasteiger partial charge in [-0.2, -0.15) is 5.26 Å². The third-order valence-electron chi connectivity index (χ3n) is 2.36. The quantitative estimate of drug-likeness (QED) is 0.381. The van der Waals surface area contributed by atoms with Crippen LogP contribution in [-0.2, 0) is 9.47 Å². The Hall–Kier alpha value is 0.120. The molecular weight excluding hydrogens is 403 g/mol. The van der Waals surface area contributed by atoms with Crippen molar-refractivity contribution in [3.63, 3.8) is 0 Å². The smallest absolute Gasteiger partial charge is 0.226 e. The number of pyridine rings is 1. The summed E-state index contributed by atoms with van der Waals surface area (Å²) in [6.07, 6.45) is 0. The van der Waals surface area contributed by atoms with Gasteiger partial charge in [0.15, 0.2) is 5.69 Å². The van der Waals surface area contributed by atoms with Gasteiger partial charge in [-0.15, -0.1) is 0 Å². The molecule has 22 heavy (non-hydrogen) atoms. The summed E-state index contributed by atoms with van der Waals surface area (Å²) < 4.78 is 10.8. The number of aromatic nitrogens is 1. The summed E-state index contributed by atoms with van der Waals surface area (Å²) in [4.78, 5) is 5.39. The highest BCUT2D eigenvalue weighted by Gasteiger charge is 2.46. The number of thiocarbonyl (C=S) groups is 1. The summed E-state index contributed by atoms with van der Waals surface area (Å²) in [6, 6.07) is 1.94. The Morgan fingerprint density at radius 3 is 2.64 bits per heavy atom. The van der Waals surface area contributed by atoms with Gasteiger partial charge < -0.3 is 9.47 Å². The van der Waals surface area contributed by atoms with Gasteiger partial charge >= 0.3 is 0 Å². The highest BCUT2D eigenvalue weighted by atomic mass is 35.5. The van der Waals surface area contributed by atoms with Crippen LogP contribution in [0.25, 0.3) is 0 Å². The van der Waals surface area contributed by atoms with Crippen LogP contribution < -0.4 is 0 Å². The highest BCUT2D eigenvalue weighted by Crippen LogP contribution is 2.65. The Balaban J connectivity index is 2.38. The van der Waals surface area contributed by atoms with E-state index in [9.17, 15) is 0 Å². The monoisotopic (exact) mass is 412 g/mol. The Morgan fingerprint density at radius 2 is 2.05 bits per heavy atom. The van der Waals surface area contributed by atoms with Crippen LogP contribution in [-0.4, -0.2) is 26.2 Å². The molecule has 10 heteroatoms. The lowest BCUT2D eigenvalue weighted by atomic mass is 10.4. The normalized spacial score (nSPS) is 19.6. The molecule has 0 aromatic carbocycles. The number of hydrogen-bond acceptors (Lipinski definition) is 8. The third-order valence-corrected chi connectivity index (χ3v) is 7.83. The Morgan fingerprint density at radius 1 is 1.36 bits per heavy atom. The average molecular weight is 413 g/mol. The number of hydrogen-bond donors (Lipinski definition) is 0. The number of fused-ring (bicyclic) bond motifs is 1. The molecule has 0 N–H and O–H groups in total. The zero-order chi connectivity index (χ0) is 16.3. The van der Waals surface area contributed by atoms with Gasteiger partial charge in [0.2, 0.25) is 7.98 Å². The number of nitriles is 1. The summed E-state index contributed by atoms with van der Waals surface area (Å²) in [5.41, 5.74) is 0.100. The van der Waals surface area contributed by atoms with E-state index in [1.54, 1.807) is 0 Å². The summed E-state index contributed by atoms with van der Waals surface area (Å²) in [5, 5.41) is 9.59. The van der Waals surface area contributed by atoms with Gasteiger partial charge in [-0.05, 0) is 37.8 Å². The molecule has 1 aromatic heterocycles. The first-order valence-electron chi connectivity index (χ1n) is 6.13. The maximum Gasteiger partial charge on any atom is 0.226 e. The maximum absolute atomic E-state index is 9.07. The zero-order valence-corrected chi connectivity index (χ0v) is 16.3. The first kappa shape index (κ1) is 18.5. The molecule has 1 aliphatic heterocycles. The van der Waals surface area contributed by atoms with Gasteiger partial charge in [0.1, 0.15) is 11.2 Å². The molecule has 0 radical (unpaired) electrons. The largest absolute Gasteiger partial charge is 0.479 e. The molecule has 0 fully saturated rings. The van der Waals surface area contributed by atoms with Gasteiger partial charge in [0, 0.05) is 6.61 Å². The van der Waals surface area contributed by atoms with Crippen molar-refractivity contribution in [3.05, 3.63) is 15.9 Å². The van der Waals surface area contributed by atoms with Gasteiger partial charge in [-0.25, -0.2) is 4.98 Å². The second-order valence-electron chi connectivity index (χ2n) is 3.76. The first-order chi connectivity index (χ1) is 10.5. The fourth-order valence-corrected chi connectivity index (χ4v) is 7.38. The van der Waals surface area contributed by atoms with Crippen molar-refractivity contribution in [2.45, 2.75) is 27.2 Å². The zero-order valence-electron chi connectivity index (χ0n) is 11.5. The van der Waals surface area contributed by atoms with E-state index in [0.717, 1.165) is 0 Å². The lowest BCUT2D eigenvalue weighted by Gasteiger charge is -2.25. The van der Waals surface area contributed by atoms with Crippen LogP contribution >= 0.6 is 70.7 Å². The number of rotatable bonds is 4. The molecule has 0 amide bonds.